The first kappa shape index (κ1) is 11.0. The van der Waals surface area contributed by atoms with Crippen LogP contribution in [0.15, 0.2) is 41.6 Å². The number of nitrogen functional groups attached to an aromatic ring is 1. The average molecular weight is 231 g/mol. The molecule has 2 aromatic rings. The van der Waals surface area contributed by atoms with E-state index in [0.29, 0.717) is 5.82 Å². The van der Waals surface area contributed by atoms with Crippen LogP contribution in [0.5, 0.6) is 0 Å². The van der Waals surface area contributed by atoms with Gasteiger partial charge in [-0.05, 0) is 18.6 Å². The van der Waals surface area contributed by atoms with Gasteiger partial charge in [0.2, 0.25) is 0 Å². The molecule has 0 spiro atoms. The summed E-state index contributed by atoms with van der Waals surface area (Å²) in [5.41, 5.74) is 7.71. The first-order valence-corrected chi connectivity index (χ1v) is 5.99. The molecule has 16 heavy (non-hydrogen) atoms. The van der Waals surface area contributed by atoms with Gasteiger partial charge in [-0.2, -0.15) is 0 Å². The topological polar surface area (TPSA) is 51.8 Å². The summed E-state index contributed by atoms with van der Waals surface area (Å²) in [6, 6.07) is 8.31. The molecule has 0 fully saturated rings. The van der Waals surface area contributed by atoms with Crippen molar-refractivity contribution >= 4 is 17.6 Å². The maximum absolute atomic E-state index is 5.48. The lowest BCUT2D eigenvalue weighted by atomic mass is 10.2. The van der Waals surface area contributed by atoms with E-state index in [1.54, 1.807) is 24.2 Å². The maximum Gasteiger partial charge on any atom is 0.141 e. The van der Waals surface area contributed by atoms with E-state index in [4.69, 9.17) is 5.73 Å². The number of thioether (sulfide) groups is 1. The van der Waals surface area contributed by atoms with Gasteiger partial charge in [0.15, 0.2) is 0 Å². The van der Waals surface area contributed by atoms with E-state index in [9.17, 15) is 0 Å². The molecule has 0 atom stereocenters. The van der Waals surface area contributed by atoms with Gasteiger partial charge in [-0.1, -0.05) is 18.2 Å². The normalized spacial score (nSPS) is 10.3. The van der Waals surface area contributed by atoms with Gasteiger partial charge < -0.3 is 5.73 Å². The summed E-state index contributed by atoms with van der Waals surface area (Å²) in [6.45, 7) is 2.11. The molecule has 2 rings (SSSR count). The molecule has 0 amide bonds. The fraction of sp³-hybridized carbons (Fsp3) is 0.167. The van der Waals surface area contributed by atoms with Crippen LogP contribution >= 0.6 is 11.8 Å². The Balaban J connectivity index is 2.02. The summed E-state index contributed by atoms with van der Waals surface area (Å²) in [6.07, 6.45) is 3.31. The molecule has 0 bridgehead atoms. The number of benzene rings is 1. The van der Waals surface area contributed by atoms with Crippen molar-refractivity contribution in [1.82, 2.24) is 9.97 Å². The van der Waals surface area contributed by atoms with Crippen LogP contribution in [-0.2, 0) is 5.75 Å². The van der Waals surface area contributed by atoms with Crippen LogP contribution in [0, 0.1) is 6.92 Å². The van der Waals surface area contributed by atoms with Crippen molar-refractivity contribution in [3.8, 4) is 0 Å². The van der Waals surface area contributed by atoms with E-state index in [2.05, 4.69) is 29.0 Å². The third-order valence-electron chi connectivity index (χ3n) is 2.19. The minimum atomic E-state index is 0.463. The van der Waals surface area contributed by atoms with E-state index >= 15 is 0 Å². The summed E-state index contributed by atoms with van der Waals surface area (Å²) in [4.78, 5) is 9.51. The van der Waals surface area contributed by atoms with E-state index in [1.165, 1.54) is 10.5 Å². The quantitative estimate of drug-likeness (QED) is 0.825. The van der Waals surface area contributed by atoms with Crippen LogP contribution in [0.1, 0.15) is 11.3 Å². The molecule has 0 aliphatic carbocycles. The van der Waals surface area contributed by atoms with Crippen LogP contribution in [0.3, 0.4) is 0 Å². The van der Waals surface area contributed by atoms with Crippen molar-refractivity contribution in [3.63, 3.8) is 0 Å². The molecule has 0 saturated heterocycles. The number of rotatable bonds is 3. The molecule has 3 nitrogen and oxygen atoms in total. The van der Waals surface area contributed by atoms with Crippen LogP contribution in [-0.4, -0.2) is 9.97 Å². The van der Waals surface area contributed by atoms with E-state index in [0.717, 1.165) is 11.4 Å². The molecule has 0 radical (unpaired) electrons. The Morgan fingerprint density at radius 2 is 2.00 bits per heavy atom. The lowest BCUT2D eigenvalue weighted by molar-refractivity contribution is 1.11. The highest BCUT2D eigenvalue weighted by molar-refractivity contribution is 7.98. The fourth-order valence-electron chi connectivity index (χ4n) is 1.31. The Morgan fingerprint density at radius 3 is 2.69 bits per heavy atom. The molecule has 0 aliphatic heterocycles. The standard InChI is InChI=1S/C12H13N3S/c1-9-4-2-3-5-11(9)16-8-10-6-15-12(13)7-14-10/h2-7H,8H2,1H3,(H2,13,15). The highest BCUT2D eigenvalue weighted by Gasteiger charge is 2.00. The lowest BCUT2D eigenvalue weighted by Crippen LogP contribution is -1.94. The molecule has 0 unspecified atom stereocenters. The Bertz CT molecular complexity index is 468. The van der Waals surface area contributed by atoms with Gasteiger partial charge in [-0.3, -0.25) is 4.98 Å². The number of aromatic nitrogens is 2. The number of nitrogens with zero attached hydrogens (tertiary/aromatic N) is 2. The third kappa shape index (κ3) is 2.73. The predicted molar refractivity (Wildman–Crippen MR) is 67.2 cm³/mol. The Kier molecular flexibility index (Phi) is 3.41. The van der Waals surface area contributed by atoms with Crippen molar-refractivity contribution in [2.45, 2.75) is 17.6 Å². The molecule has 2 N–H and O–H groups in total. The number of aryl methyl sites for hydroxylation is 1. The minimum absolute atomic E-state index is 0.463. The molecule has 4 heteroatoms. The molecule has 1 aromatic heterocycles. The third-order valence-corrected chi connectivity index (χ3v) is 3.40. The van der Waals surface area contributed by atoms with Crippen LogP contribution in [0.4, 0.5) is 5.82 Å². The van der Waals surface area contributed by atoms with Crippen molar-refractivity contribution in [2.24, 2.45) is 0 Å². The number of hydrogen-bond acceptors (Lipinski definition) is 4. The fourth-order valence-corrected chi connectivity index (χ4v) is 2.23. The van der Waals surface area contributed by atoms with Crippen molar-refractivity contribution in [1.29, 1.82) is 0 Å². The van der Waals surface area contributed by atoms with Crippen LogP contribution in [0.25, 0.3) is 0 Å². The second kappa shape index (κ2) is 4.99. The summed E-state index contributed by atoms with van der Waals surface area (Å²) in [5, 5.41) is 0. The molecule has 0 aliphatic rings. The molecular weight excluding hydrogens is 218 g/mol. The predicted octanol–water partition coefficient (Wildman–Crippen LogP) is 2.66. The van der Waals surface area contributed by atoms with E-state index in [-0.39, 0.29) is 0 Å². The monoisotopic (exact) mass is 231 g/mol. The van der Waals surface area contributed by atoms with Gasteiger partial charge in [-0.15, -0.1) is 11.8 Å². The Labute approximate surface area is 99.1 Å². The summed E-state index contributed by atoms with van der Waals surface area (Å²) in [7, 11) is 0. The molecule has 1 aromatic carbocycles. The van der Waals surface area contributed by atoms with Gasteiger partial charge in [0.25, 0.3) is 0 Å². The number of nitrogens with two attached hydrogens (primary N) is 1. The zero-order chi connectivity index (χ0) is 11.4. The van der Waals surface area contributed by atoms with Crippen molar-refractivity contribution in [3.05, 3.63) is 47.9 Å². The molecule has 0 saturated carbocycles. The number of hydrogen-bond donors (Lipinski definition) is 1. The molecule has 82 valence electrons. The SMILES string of the molecule is Cc1ccccc1SCc1cnc(N)cn1. The highest BCUT2D eigenvalue weighted by Crippen LogP contribution is 2.24. The van der Waals surface area contributed by atoms with Gasteiger partial charge in [0, 0.05) is 10.6 Å². The summed E-state index contributed by atoms with van der Waals surface area (Å²) in [5.74, 6) is 1.28. The van der Waals surface area contributed by atoms with E-state index < -0.39 is 0 Å². The van der Waals surface area contributed by atoms with Gasteiger partial charge in [0.1, 0.15) is 5.82 Å². The molecule has 1 heterocycles. The second-order valence-electron chi connectivity index (χ2n) is 3.49. The smallest absolute Gasteiger partial charge is 0.141 e. The van der Waals surface area contributed by atoms with Gasteiger partial charge in [0.05, 0.1) is 18.1 Å². The maximum atomic E-state index is 5.48. The van der Waals surface area contributed by atoms with Gasteiger partial charge >= 0.3 is 0 Å². The first-order valence-electron chi connectivity index (χ1n) is 5.00. The highest BCUT2D eigenvalue weighted by atomic mass is 32.2. The van der Waals surface area contributed by atoms with Crippen LogP contribution in [0.2, 0.25) is 0 Å². The van der Waals surface area contributed by atoms with Crippen LogP contribution < -0.4 is 5.73 Å². The lowest BCUT2D eigenvalue weighted by Gasteiger charge is -2.04. The Morgan fingerprint density at radius 1 is 1.19 bits per heavy atom. The first-order chi connectivity index (χ1) is 7.75. The average Bonchev–Trinajstić information content (AvgIpc) is 2.30. The van der Waals surface area contributed by atoms with E-state index in [1.807, 2.05) is 12.1 Å². The molecular formula is C12H13N3S. The summed E-state index contributed by atoms with van der Waals surface area (Å²) < 4.78 is 0. The number of anilines is 1. The minimum Gasteiger partial charge on any atom is -0.382 e. The largest absolute Gasteiger partial charge is 0.382 e. The zero-order valence-electron chi connectivity index (χ0n) is 9.05. The van der Waals surface area contributed by atoms with Crippen molar-refractivity contribution < 1.29 is 0 Å². The van der Waals surface area contributed by atoms with Crippen molar-refractivity contribution in [2.75, 3.05) is 5.73 Å². The van der Waals surface area contributed by atoms with Gasteiger partial charge in [-0.25, -0.2) is 4.98 Å². The second-order valence-corrected chi connectivity index (χ2v) is 4.50. The zero-order valence-corrected chi connectivity index (χ0v) is 9.87. The Hall–Kier alpha value is -1.55. The summed E-state index contributed by atoms with van der Waals surface area (Å²) >= 11 is 1.76.